The first-order chi connectivity index (χ1) is 11.3. The van der Waals surface area contributed by atoms with Crippen LogP contribution < -0.4 is 24.3 Å². The third-order valence-corrected chi connectivity index (χ3v) is 3.83. The lowest BCUT2D eigenvalue weighted by atomic mass is 10.2. The molecule has 1 atom stereocenters. The van der Waals surface area contributed by atoms with Crippen molar-refractivity contribution in [3.63, 3.8) is 0 Å². The predicted octanol–water partition coefficient (Wildman–Crippen LogP) is 1.61. The van der Waals surface area contributed by atoms with Crippen molar-refractivity contribution >= 4 is 0 Å². The molecule has 122 valence electrons. The molecule has 1 aliphatic heterocycles. The number of hydrogen-bond acceptors (Lipinski definition) is 4. The number of para-hydroxylation sites is 2. The SMILES string of the molecule is COc1ccc(C[NH2+]C[C@@H]2COc3ccccc3O2)cc1OC. The first-order valence-corrected chi connectivity index (χ1v) is 7.71. The summed E-state index contributed by atoms with van der Waals surface area (Å²) in [6, 6.07) is 13.8. The summed E-state index contributed by atoms with van der Waals surface area (Å²) in [4.78, 5) is 0. The zero-order valence-corrected chi connectivity index (χ0v) is 13.5. The van der Waals surface area contributed by atoms with Crippen LogP contribution in [0.3, 0.4) is 0 Å². The Bertz CT molecular complexity index is 659. The highest BCUT2D eigenvalue weighted by Crippen LogP contribution is 2.30. The lowest BCUT2D eigenvalue weighted by Crippen LogP contribution is -2.85. The van der Waals surface area contributed by atoms with Gasteiger partial charge in [0.2, 0.25) is 0 Å². The van der Waals surface area contributed by atoms with Crippen LogP contribution >= 0.6 is 0 Å². The molecular formula is C18H22NO4+. The van der Waals surface area contributed by atoms with Crippen LogP contribution in [-0.2, 0) is 6.54 Å². The van der Waals surface area contributed by atoms with Crippen LogP contribution in [0.2, 0.25) is 0 Å². The molecule has 0 saturated heterocycles. The third-order valence-electron chi connectivity index (χ3n) is 3.83. The average Bonchev–Trinajstić information content (AvgIpc) is 2.61. The molecule has 3 rings (SSSR count). The van der Waals surface area contributed by atoms with Gasteiger partial charge in [-0.15, -0.1) is 0 Å². The Morgan fingerprint density at radius 2 is 1.83 bits per heavy atom. The lowest BCUT2D eigenvalue weighted by molar-refractivity contribution is -0.676. The lowest BCUT2D eigenvalue weighted by Gasteiger charge is -2.25. The van der Waals surface area contributed by atoms with Gasteiger partial charge in [0.25, 0.3) is 0 Å². The van der Waals surface area contributed by atoms with Gasteiger partial charge in [-0.1, -0.05) is 12.1 Å². The first-order valence-electron chi connectivity index (χ1n) is 7.71. The Balaban J connectivity index is 1.52. The fraction of sp³-hybridized carbons (Fsp3) is 0.333. The minimum Gasteiger partial charge on any atom is -0.493 e. The average molecular weight is 316 g/mol. The normalized spacial score (nSPS) is 16.0. The molecule has 0 amide bonds. The van der Waals surface area contributed by atoms with Gasteiger partial charge in [-0.05, 0) is 30.3 Å². The molecule has 5 nitrogen and oxygen atoms in total. The van der Waals surface area contributed by atoms with E-state index in [2.05, 4.69) is 5.32 Å². The van der Waals surface area contributed by atoms with E-state index in [0.717, 1.165) is 36.1 Å². The number of ether oxygens (including phenoxy) is 4. The molecule has 1 aliphatic rings. The van der Waals surface area contributed by atoms with E-state index in [1.54, 1.807) is 14.2 Å². The van der Waals surface area contributed by atoms with Gasteiger partial charge in [-0.3, -0.25) is 0 Å². The standard InChI is InChI=1S/C18H21NO4/c1-20-15-8-7-13(9-18(15)21-2)10-19-11-14-12-22-16-5-3-4-6-17(16)23-14/h3-9,14,19H,10-12H2,1-2H3/p+1/t14-/m1/s1. The van der Waals surface area contributed by atoms with Gasteiger partial charge in [0.15, 0.2) is 29.1 Å². The number of methoxy groups -OCH3 is 2. The highest BCUT2D eigenvalue weighted by Gasteiger charge is 2.21. The molecule has 0 unspecified atom stereocenters. The monoisotopic (exact) mass is 316 g/mol. The van der Waals surface area contributed by atoms with Crippen molar-refractivity contribution in [2.75, 3.05) is 27.4 Å². The quantitative estimate of drug-likeness (QED) is 0.880. The molecule has 2 aromatic carbocycles. The fourth-order valence-electron chi connectivity index (χ4n) is 2.62. The van der Waals surface area contributed by atoms with Crippen molar-refractivity contribution in [3.8, 4) is 23.0 Å². The molecular weight excluding hydrogens is 294 g/mol. The summed E-state index contributed by atoms with van der Waals surface area (Å²) in [5.41, 5.74) is 1.18. The Labute approximate surface area is 136 Å². The van der Waals surface area contributed by atoms with Gasteiger partial charge in [0.05, 0.1) is 14.2 Å². The van der Waals surface area contributed by atoms with E-state index >= 15 is 0 Å². The van der Waals surface area contributed by atoms with E-state index in [1.165, 1.54) is 5.56 Å². The predicted molar refractivity (Wildman–Crippen MR) is 86.4 cm³/mol. The van der Waals surface area contributed by atoms with Crippen molar-refractivity contribution < 1.29 is 24.3 Å². The zero-order valence-electron chi connectivity index (χ0n) is 13.5. The molecule has 2 aromatic rings. The number of benzene rings is 2. The van der Waals surface area contributed by atoms with Crippen LogP contribution in [0.4, 0.5) is 0 Å². The molecule has 0 radical (unpaired) electrons. The number of fused-ring (bicyclic) bond motifs is 1. The summed E-state index contributed by atoms with van der Waals surface area (Å²) in [6.45, 7) is 2.27. The van der Waals surface area contributed by atoms with Gasteiger partial charge in [0.1, 0.15) is 19.7 Å². The highest BCUT2D eigenvalue weighted by molar-refractivity contribution is 5.42. The fourth-order valence-corrected chi connectivity index (χ4v) is 2.62. The molecule has 23 heavy (non-hydrogen) atoms. The third kappa shape index (κ3) is 3.68. The van der Waals surface area contributed by atoms with Gasteiger partial charge in [-0.2, -0.15) is 0 Å². The first kappa shape index (κ1) is 15.5. The smallest absolute Gasteiger partial charge is 0.181 e. The van der Waals surface area contributed by atoms with Crippen LogP contribution in [0.15, 0.2) is 42.5 Å². The second-order valence-corrected chi connectivity index (χ2v) is 5.42. The number of nitrogens with two attached hydrogens (primary N) is 1. The van der Waals surface area contributed by atoms with Crippen LogP contribution in [-0.4, -0.2) is 33.5 Å². The highest BCUT2D eigenvalue weighted by atomic mass is 16.6. The molecule has 0 aromatic heterocycles. The van der Waals surface area contributed by atoms with Gasteiger partial charge in [-0.25, -0.2) is 0 Å². The van der Waals surface area contributed by atoms with E-state index in [-0.39, 0.29) is 6.10 Å². The van der Waals surface area contributed by atoms with Crippen molar-refractivity contribution in [2.24, 2.45) is 0 Å². The minimum absolute atomic E-state index is 0.0602. The van der Waals surface area contributed by atoms with E-state index in [4.69, 9.17) is 18.9 Å². The maximum absolute atomic E-state index is 5.95. The summed E-state index contributed by atoms with van der Waals surface area (Å²) in [5, 5.41) is 2.21. The molecule has 0 fully saturated rings. The van der Waals surface area contributed by atoms with E-state index in [1.807, 2.05) is 42.5 Å². The minimum atomic E-state index is 0.0602. The van der Waals surface area contributed by atoms with Crippen molar-refractivity contribution in [3.05, 3.63) is 48.0 Å². The number of quaternary nitrogens is 1. The van der Waals surface area contributed by atoms with Crippen LogP contribution in [0.25, 0.3) is 0 Å². The summed E-state index contributed by atoms with van der Waals surface area (Å²) in [7, 11) is 3.29. The van der Waals surface area contributed by atoms with Gasteiger partial charge in [0, 0.05) is 5.56 Å². The molecule has 2 N–H and O–H groups in total. The maximum Gasteiger partial charge on any atom is 0.181 e. The van der Waals surface area contributed by atoms with Crippen LogP contribution in [0, 0.1) is 0 Å². The summed E-state index contributed by atoms with van der Waals surface area (Å²) in [6.07, 6.45) is 0.0602. The van der Waals surface area contributed by atoms with E-state index in [0.29, 0.717) is 6.61 Å². The van der Waals surface area contributed by atoms with Crippen LogP contribution in [0.1, 0.15) is 5.56 Å². The van der Waals surface area contributed by atoms with Crippen molar-refractivity contribution in [2.45, 2.75) is 12.6 Å². The Morgan fingerprint density at radius 3 is 2.61 bits per heavy atom. The molecule has 0 bridgehead atoms. The summed E-state index contributed by atoms with van der Waals surface area (Å²) >= 11 is 0. The summed E-state index contributed by atoms with van der Waals surface area (Å²) in [5.74, 6) is 3.15. The Morgan fingerprint density at radius 1 is 1.04 bits per heavy atom. The number of rotatable bonds is 6. The van der Waals surface area contributed by atoms with Crippen molar-refractivity contribution in [1.29, 1.82) is 0 Å². The van der Waals surface area contributed by atoms with E-state index < -0.39 is 0 Å². The Kier molecular flexibility index (Phi) is 4.88. The molecule has 0 saturated carbocycles. The topological polar surface area (TPSA) is 53.5 Å². The maximum atomic E-state index is 5.95. The van der Waals surface area contributed by atoms with Crippen LogP contribution in [0.5, 0.6) is 23.0 Å². The summed E-state index contributed by atoms with van der Waals surface area (Å²) < 4.78 is 22.3. The largest absolute Gasteiger partial charge is 0.493 e. The number of hydrogen-bond donors (Lipinski definition) is 1. The van der Waals surface area contributed by atoms with E-state index in [9.17, 15) is 0 Å². The van der Waals surface area contributed by atoms with Gasteiger partial charge < -0.3 is 24.3 Å². The molecule has 1 heterocycles. The molecule has 0 spiro atoms. The second kappa shape index (κ2) is 7.24. The second-order valence-electron chi connectivity index (χ2n) is 5.42. The molecule has 0 aliphatic carbocycles. The van der Waals surface area contributed by atoms with Gasteiger partial charge >= 0.3 is 0 Å². The Hall–Kier alpha value is -2.40. The molecule has 5 heteroatoms. The van der Waals surface area contributed by atoms with Crippen molar-refractivity contribution in [1.82, 2.24) is 0 Å². The zero-order chi connectivity index (χ0) is 16.1.